The molecule has 4 N–H and O–H groups in total. The molecule has 42 heavy (non-hydrogen) atoms. The summed E-state index contributed by atoms with van der Waals surface area (Å²) in [5.74, 6) is -0.334. The Kier molecular flexibility index (Phi) is 10.1. The third-order valence-corrected chi connectivity index (χ3v) is 6.15. The standard InChI is InChI=1S/C30H37N7O5/c1-30(2,3)42-27(39)24(36-29(40)41-20-21-9-5-4-6-10-21)19-34-26(38)22-11-12-25-23(17-22)18-35-37(25)16-8-7-13-31-28-32-14-15-33-28/h4-6,9-12,14-15,17-18,24H,7-8,13,16,19-20H2,1-3H3,(H,34,38)(H,36,40)(H2,31,32,33)/t24-/m0/s1. The third-order valence-electron chi connectivity index (χ3n) is 6.15. The van der Waals surface area contributed by atoms with Crippen LogP contribution in [0.2, 0.25) is 0 Å². The lowest BCUT2D eigenvalue weighted by atomic mass is 10.1. The molecule has 0 aliphatic heterocycles. The molecule has 4 rings (SSSR count). The molecule has 12 nitrogen and oxygen atoms in total. The van der Waals surface area contributed by atoms with E-state index in [9.17, 15) is 14.4 Å². The second kappa shape index (κ2) is 14.2. The fourth-order valence-corrected chi connectivity index (χ4v) is 4.13. The highest BCUT2D eigenvalue weighted by Crippen LogP contribution is 2.17. The van der Waals surface area contributed by atoms with Crippen molar-refractivity contribution in [2.45, 2.75) is 58.4 Å². The van der Waals surface area contributed by atoms with Crippen LogP contribution in [0.1, 0.15) is 49.5 Å². The maximum atomic E-state index is 13.0. The number of aryl methyl sites for hydroxylation is 1. The molecule has 0 bridgehead atoms. The molecular formula is C30H37N7O5. The molecule has 0 saturated carbocycles. The predicted molar refractivity (Wildman–Crippen MR) is 158 cm³/mol. The Morgan fingerprint density at radius 2 is 1.88 bits per heavy atom. The zero-order chi connectivity index (χ0) is 30.0. The molecule has 0 spiro atoms. The van der Waals surface area contributed by atoms with Crippen LogP contribution in [-0.4, -0.2) is 62.5 Å². The van der Waals surface area contributed by atoms with E-state index in [-0.39, 0.29) is 13.2 Å². The van der Waals surface area contributed by atoms with E-state index in [2.05, 4.69) is 31.0 Å². The molecule has 0 aliphatic rings. The molecule has 2 heterocycles. The molecule has 222 valence electrons. The maximum Gasteiger partial charge on any atom is 0.408 e. The van der Waals surface area contributed by atoms with Crippen molar-refractivity contribution in [1.29, 1.82) is 0 Å². The number of hydrogen-bond acceptors (Lipinski definition) is 8. The van der Waals surface area contributed by atoms with Gasteiger partial charge in [-0.1, -0.05) is 30.3 Å². The van der Waals surface area contributed by atoms with E-state index < -0.39 is 29.6 Å². The summed E-state index contributed by atoms with van der Waals surface area (Å²) in [5.41, 5.74) is 1.34. The lowest BCUT2D eigenvalue weighted by Gasteiger charge is -2.24. The number of ether oxygens (including phenoxy) is 2. The number of aromatic amines is 1. The molecule has 0 radical (unpaired) electrons. The molecule has 2 aromatic heterocycles. The van der Waals surface area contributed by atoms with E-state index in [1.807, 2.05) is 41.1 Å². The van der Waals surface area contributed by atoms with Crippen LogP contribution >= 0.6 is 0 Å². The van der Waals surface area contributed by atoms with Gasteiger partial charge < -0.3 is 30.4 Å². The fourth-order valence-electron chi connectivity index (χ4n) is 4.13. The van der Waals surface area contributed by atoms with Gasteiger partial charge in [-0.2, -0.15) is 5.10 Å². The lowest BCUT2D eigenvalue weighted by Crippen LogP contribution is -2.50. The quantitative estimate of drug-likeness (QED) is 0.138. The van der Waals surface area contributed by atoms with Crippen molar-refractivity contribution in [3.8, 4) is 0 Å². The number of imidazole rings is 1. The van der Waals surface area contributed by atoms with E-state index in [0.29, 0.717) is 5.56 Å². The number of nitrogens with zero attached hydrogens (tertiary/aromatic N) is 3. The lowest BCUT2D eigenvalue weighted by molar-refractivity contribution is -0.157. The number of benzene rings is 2. The van der Waals surface area contributed by atoms with Crippen molar-refractivity contribution in [3.63, 3.8) is 0 Å². The normalized spacial score (nSPS) is 12.0. The number of H-pyrrole nitrogens is 1. The molecule has 0 unspecified atom stereocenters. The van der Waals surface area contributed by atoms with Gasteiger partial charge in [-0.3, -0.25) is 9.48 Å². The number of alkyl carbamates (subject to hydrolysis) is 1. The average molecular weight is 576 g/mol. The van der Waals surface area contributed by atoms with Gasteiger partial charge in [0.2, 0.25) is 0 Å². The van der Waals surface area contributed by atoms with Crippen LogP contribution in [0.15, 0.2) is 67.1 Å². The summed E-state index contributed by atoms with van der Waals surface area (Å²) in [5, 5.41) is 13.8. The molecule has 1 atom stereocenters. The summed E-state index contributed by atoms with van der Waals surface area (Å²) < 4.78 is 12.6. The summed E-state index contributed by atoms with van der Waals surface area (Å²) in [7, 11) is 0. The monoisotopic (exact) mass is 575 g/mol. The number of esters is 1. The Labute approximate surface area is 244 Å². The first-order chi connectivity index (χ1) is 20.2. The molecule has 4 aromatic rings. The Bertz CT molecular complexity index is 1460. The van der Waals surface area contributed by atoms with Gasteiger partial charge in [0.1, 0.15) is 18.2 Å². The summed E-state index contributed by atoms with van der Waals surface area (Å²) in [6.07, 6.45) is 6.25. The van der Waals surface area contributed by atoms with Crippen LogP contribution in [0.4, 0.5) is 10.7 Å². The third kappa shape index (κ3) is 9.08. The fraction of sp³-hybridized carbons (Fsp3) is 0.367. The van der Waals surface area contributed by atoms with Crippen LogP contribution < -0.4 is 16.0 Å². The number of aromatic nitrogens is 4. The molecule has 0 fully saturated rings. The van der Waals surface area contributed by atoms with Crippen molar-refractivity contribution >= 4 is 34.8 Å². The minimum absolute atomic E-state index is 0.0373. The van der Waals surface area contributed by atoms with Crippen LogP contribution in [-0.2, 0) is 27.4 Å². The van der Waals surface area contributed by atoms with Gasteiger partial charge >= 0.3 is 12.1 Å². The number of rotatable bonds is 13. The number of anilines is 1. The number of unbranched alkanes of at least 4 members (excludes halogenated alkanes) is 1. The minimum Gasteiger partial charge on any atom is -0.458 e. The molecule has 2 amide bonds. The first kappa shape index (κ1) is 30.1. The van der Waals surface area contributed by atoms with Crippen LogP contribution in [0.3, 0.4) is 0 Å². The molecule has 0 saturated heterocycles. The van der Waals surface area contributed by atoms with Crippen molar-refractivity contribution in [3.05, 3.63) is 78.2 Å². The smallest absolute Gasteiger partial charge is 0.408 e. The molecule has 2 aromatic carbocycles. The van der Waals surface area contributed by atoms with E-state index >= 15 is 0 Å². The zero-order valence-electron chi connectivity index (χ0n) is 24.1. The summed E-state index contributed by atoms with van der Waals surface area (Å²) in [6, 6.07) is 13.3. The predicted octanol–water partition coefficient (Wildman–Crippen LogP) is 4.02. The number of amides is 2. The second-order valence-electron chi connectivity index (χ2n) is 10.7. The largest absolute Gasteiger partial charge is 0.458 e. The van der Waals surface area contributed by atoms with Gasteiger partial charge in [-0.05, 0) is 57.4 Å². The Morgan fingerprint density at radius 1 is 1.07 bits per heavy atom. The Hall–Kier alpha value is -4.87. The van der Waals surface area contributed by atoms with Gasteiger partial charge in [0.05, 0.1) is 11.7 Å². The van der Waals surface area contributed by atoms with Crippen LogP contribution in [0, 0.1) is 0 Å². The zero-order valence-corrected chi connectivity index (χ0v) is 24.1. The van der Waals surface area contributed by atoms with Gasteiger partial charge in [0.25, 0.3) is 5.91 Å². The Balaban J connectivity index is 1.31. The van der Waals surface area contributed by atoms with Gasteiger partial charge in [0.15, 0.2) is 5.95 Å². The number of fused-ring (bicyclic) bond motifs is 1. The minimum atomic E-state index is -1.15. The van der Waals surface area contributed by atoms with E-state index in [1.165, 1.54) is 0 Å². The number of carbonyl (C=O) groups excluding carboxylic acids is 3. The summed E-state index contributed by atoms with van der Waals surface area (Å²) >= 11 is 0. The van der Waals surface area contributed by atoms with Crippen molar-refractivity contribution < 1.29 is 23.9 Å². The van der Waals surface area contributed by atoms with Crippen molar-refractivity contribution in [2.75, 3.05) is 18.4 Å². The first-order valence-electron chi connectivity index (χ1n) is 13.8. The highest BCUT2D eigenvalue weighted by atomic mass is 16.6. The van der Waals surface area contributed by atoms with Crippen LogP contribution in [0.5, 0.6) is 0 Å². The van der Waals surface area contributed by atoms with Crippen molar-refractivity contribution in [1.82, 2.24) is 30.4 Å². The number of carbonyl (C=O) groups is 3. The molecule has 0 aliphatic carbocycles. The number of nitrogens with one attached hydrogen (secondary N) is 4. The highest BCUT2D eigenvalue weighted by molar-refractivity contribution is 5.98. The maximum absolute atomic E-state index is 13.0. The van der Waals surface area contributed by atoms with Gasteiger partial charge in [-0.15, -0.1) is 0 Å². The topological polar surface area (TPSA) is 152 Å². The first-order valence-corrected chi connectivity index (χ1v) is 13.8. The SMILES string of the molecule is CC(C)(C)OC(=O)[C@H](CNC(=O)c1ccc2c(cnn2CCCCNc2ncc[nH]2)c1)NC(=O)OCc1ccccc1. The van der Waals surface area contributed by atoms with Crippen LogP contribution in [0.25, 0.3) is 10.9 Å². The van der Waals surface area contributed by atoms with Gasteiger partial charge in [-0.25, -0.2) is 14.6 Å². The van der Waals surface area contributed by atoms with E-state index in [4.69, 9.17) is 9.47 Å². The van der Waals surface area contributed by atoms with Gasteiger partial charge in [0, 0.05) is 43.0 Å². The highest BCUT2D eigenvalue weighted by Gasteiger charge is 2.28. The second-order valence-corrected chi connectivity index (χ2v) is 10.7. The van der Waals surface area contributed by atoms with E-state index in [1.54, 1.807) is 51.5 Å². The molecular weight excluding hydrogens is 538 g/mol. The number of hydrogen-bond donors (Lipinski definition) is 4. The summed E-state index contributed by atoms with van der Waals surface area (Å²) in [6.45, 7) is 6.55. The molecule has 12 heteroatoms. The van der Waals surface area contributed by atoms with E-state index in [0.717, 1.165) is 48.3 Å². The summed E-state index contributed by atoms with van der Waals surface area (Å²) in [4.78, 5) is 45.4. The average Bonchev–Trinajstić information content (AvgIpc) is 3.63. The van der Waals surface area contributed by atoms with Crippen molar-refractivity contribution in [2.24, 2.45) is 0 Å². The Morgan fingerprint density at radius 3 is 2.62 bits per heavy atom.